The van der Waals surface area contributed by atoms with Crippen molar-refractivity contribution in [2.45, 2.75) is 120 Å². The minimum atomic E-state index is -0.132. The summed E-state index contributed by atoms with van der Waals surface area (Å²) in [5, 5.41) is 0. The van der Waals surface area contributed by atoms with E-state index in [0.29, 0.717) is 38.8 Å². The number of ketones is 1. The highest BCUT2D eigenvalue weighted by Gasteiger charge is 2.68. The molecule has 0 unspecified atom stereocenters. The van der Waals surface area contributed by atoms with Gasteiger partial charge in [-0.15, -0.1) is 0 Å². The lowest BCUT2D eigenvalue weighted by molar-refractivity contribution is -0.211. The molecule has 0 aromatic heterocycles. The second-order valence-electron chi connectivity index (χ2n) is 14.9. The van der Waals surface area contributed by atoms with E-state index >= 15 is 0 Å². The highest BCUT2D eigenvalue weighted by Crippen LogP contribution is 2.76. The molecule has 0 saturated heterocycles. The first kappa shape index (κ1) is 22.2. The van der Waals surface area contributed by atoms with Gasteiger partial charge in [0.2, 0.25) is 0 Å². The van der Waals surface area contributed by atoms with Crippen molar-refractivity contribution in [2.24, 2.45) is 50.2 Å². The minimum Gasteiger partial charge on any atom is -0.299 e. The van der Waals surface area contributed by atoms with Gasteiger partial charge in [0.05, 0.1) is 0 Å². The summed E-state index contributed by atoms with van der Waals surface area (Å²) in [4.78, 5) is 12.9. The van der Waals surface area contributed by atoms with E-state index in [4.69, 9.17) is 0 Å². The Morgan fingerprint density at radius 2 is 1.39 bits per heavy atom. The average Bonchev–Trinajstić information content (AvgIpc) is 2.67. The quantitative estimate of drug-likeness (QED) is 0.357. The van der Waals surface area contributed by atoms with E-state index in [9.17, 15) is 4.79 Å². The van der Waals surface area contributed by atoms with Crippen LogP contribution in [0.15, 0.2) is 11.6 Å². The van der Waals surface area contributed by atoms with Crippen LogP contribution in [0.2, 0.25) is 0 Å². The van der Waals surface area contributed by atoms with Crippen LogP contribution in [0.25, 0.3) is 0 Å². The zero-order chi connectivity index (χ0) is 22.7. The second-order valence-corrected chi connectivity index (χ2v) is 14.9. The van der Waals surface area contributed by atoms with Crippen LogP contribution in [-0.2, 0) is 4.79 Å². The third kappa shape index (κ3) is 2.70. The summed E-state index contributed by atoms with van der Waals surface area (Å²) in [6.07, 6.45) is 15.6. The molecular weight excluding hydrogens is 376 g/mol. The summed E-state index contributed by atoms with van der Waals surface area (Å²) in [5.74, 6) is 2.64. The van der Waals surface area contributed by atoms with Gasteiger partial charge in [-0.25, -0.2) is 0 Å². The number of rotatable bonds is 0. The summed E-state index contributed by atoms with van der Waals surface area (Å²) < 4.78 is 0. The maximum atomic E-state index is 12.9. The zero-order valence-corrected chi connectivity index (χ0v) is 21.8. The Bertz CT molecular complexity index is 831. The van der Waals surface area contributed by atoms with Gasteiger partial charge >= 0.3 is 0 Å². The molecule has 7 atom stereocenters. The van der Waals surface area contributed by atoms with Gasteiger partial charge in [-0.2, -0.15) is 0 Å². The molecule has 0 radical (unpaired) electrons. The molecular formula is C30H48O. The van der Waals surface area contributed by atoms with Crippen molar-refractivity contribution in [1.82, 2.24) is 0 Å². The molecule has 0 N–H and O–H groups in total. The molecule has 0 spiro atoms. The van der Waals surface area contributed by atoms with Crippen LogP contribution in [0.3, 0.4) is 0 Å². The fourth-order valence-electron chi connectivity index (χ4n) is 10.4. The van der Waals surface area contributed by atoms with Crippen LogP contribution >= 0.6 is 0 Å². The summed E-state index contributed by atoms with van der Waals surface area (Å²) in [6, 6.07) is 0. The SMILES string of the molecule is CC1(C)C=C2[C@@H]3CC[C@@H]4[C@@]5(C)CCC(=O)C(C)(C)[C@@H]5CC[C@@]4(C)[C@]3(C)CC[C@@]2(C)CC1. The molecule has 0 aromatic rings. The zero-order valence-electron chi connectivity index (χ0n) is 21.8. The molecule has 4 saturated carbocycles. The van der Waals surface area contributed by atoms with E-state index in [0.717, 1.165) is 24.7 Å². The maximum Gasteiger partial charge on any atom is 0.138 e. The van der Waals surface area contributed by atoms with Crippen molar-refractivity contribution in [3.63, 3.8) is 0 Å². The van der Waals surface area contributed by atoms with Crippen LogP contribution in [0.5, 0.6) is 0 Å². The molecule has 5 aliphatic rings. The first-order valence-corrected chi connectivity index (χ1v) is 13.5. The largest absolute Gasteiger partial charge is 0.299 e. The van der Waals surface area contributed by atoms with Crippen LogP contribution in [-0.4, -0.2) is 5.78 Å². The summed E-state index contributed by atoms with van der Waals surface area (Å²) in [5.41, 5.74) is 3.68. The maximum absolute atomic E-state index is 12.9. The molecule has 0 amide bonds. The second kappa shape index (κ2) is 6.29. The van der Waals surface area contributed by atoms with Crippen molar-refractivity contribution in [3.05, 3.63) is 11.6 Å². The number of allylic oxidation sites excluding steroid dienone is 2. The van der Waals surface area contributed by atoms with Crippen molar-refractivity contribution >= 4 is 5.78 Å². The van der Waals surface area contributed by atoms with E-state index in [1.165, 1.54) is 51.4 Å². The van der Waals surface area contributed by atoms with E-state index in [1.807, 2.05) is 5.57 Å². The molecule has 5 rings (SSSR count). The fraction of sp³-hybridized carbons (Fsp3) is 0.900. The molecule has 5 aliphatic carbocycles. The van der Waals surface area contributed by atoms with E-state index < -0.39 is 0 Å². The minimum absolute atomic E-state index is 0.132. The Morgan fingerprint density at radius 3 is 2.10 bits per heavy atom. The number of Topliss-reactive ketones (excluding diaryl/α,β-unsaturated/α-hetero) is 1. The number of carbonyl (C=O) groups excluding carboxylic acids is 1. The van der Waals surface area contributed by atoms with Crippen molar-refractivity contribution in [3.8, 4) is 0 Å². The molecule has 0 aliphatic heterocycles. The summed E-state index contributed by atoms with van der Waals surface area (Å²) >= 11 is 0. The summed E-state index contributed by atoms with van der Waals surface area (Å²) in [6.45, 7) is 20.1. The van der Waals surface area contributed by atoms with Gasteiger partial charge in [-0.1, -0.05) is 67.0 Å². The molecule has 0 bridgehead atoms. The summed E-state index contributed by atoms with van der Waals surface area (Å²) in [7, 11) is 0. The highest BCUT2D eigenvalue weighted by molar-refractivity contribution is 5.85. The van der Waals surface area contributed by atoms with E-state index in [2.05, 4.69) is 61.5 Å². The van der Waals surface area contributed by atoms with Crippen LogP contribution in [0.4, 0.5) is 0 Å². The molecule has 0 aromatic carbocycles. The predicted molar refractivity (Wildman–Crippen MR) is 130 cm³/mol. The Kier molecular flexibility index (Phi) is 4.51. The van der Waals surface area contributed by atoms with Gasteiger partial charge in [-0.3, -0.25) is 4.79 Å². The van der Waals surface area contributed by atoms with Gasteiger partial charge < -0.3 is 0 Å². The van der Waals surface area contributed by atoms with Crippen molar-refractivity contribution in [2.75, 3.05) is 0 Å². The molecule has 4 fully saturated rings. The van der Waals surface area contributed by atoms with E-state index in [1.54, 1.807) is 0 Å². The lowest BCUT2D eigenvalue weighted by atomic mass is 9.32. The van der Waals surface area contributed by atoms with E-state index in [-0.39, 0.29) is 5.41 Å². The Hall–Kier alpha value is -0.590. The molecule has 31 heavy (non-hydrogen) atoms. The van der Waals surface area contributed by atoms with Gasteiger partial charge in [-0.05, 0) is 103 Å². The molecule has 1 heteroatoms. The first-order chi connectivity index (χ1) is 14.2. The van der Waals surface area contributed by atoms with Gasteiger partial charge in [0, 0.05) is 11.8 Å². The standard InChI is InChI=1S/C30H48O/c1-25(2)15-16-27(5)17-18-29(7)20(21(27)19-25)9-10-23-28(6)13-12-24(31)26(3,4)22(28)11-14-30(23,29)8/h19-20,22-23H,9-18H2,1-8H3/t20-,22-,23+,27+,28-,29+,30+/m0/s1. The first-order valence-electron chi connectivity index (χ1n) is 13.5. The lowest BCUT2D eigenvalue weighted by Gasteiger charge is -2.72. The molecule has 174 valence electrons. The monoisotopic (exact) mass is 424 g/mol. The lowest BCUT2D eigenvalue weighted by Crippen LogP contribution is -2.65. The molecule has 1 nitrogen and oxygen atoms in total. The van der Waals surface area contributed by atoms with Gasteiger partial charge in [0.1, 0.15) is 5.78 Å². The fourth-order valence-corrected chi connectivity index (χ4v) is 10.4. The molecule has 0 heterocycles. The smallest absolute Gasteiger partial charge is 0.138 e. The number of hydrogen-bond donors (Lipinski definition) is 0. The number of fused-ring (bicyclic) bond motifs is 7. The third-order valence-corrected chi connectivity index (χ3v) is 12.7. The normalized spacial score (nSPS) is 52.8. The van der Waals surface area contributed by atoms with Gasteiger partial charge in [0.25, 0.3) is 0 Å². The Morgan fingerprint density at radius 1 is 0.710 bits per heavy atom. The van der Waals surface area contributed by atoms with Gasteiger partial charge in [0.15, 0.2) is 0 Å². The number of hydrogen-bond acceptors (Lipinski definition) is 1. The highest BCUT2D eigenvalue weighted by atomic mass is 16.1. The van der Waals surface area contributed by atoms with Crippen LogP contribution in [0, 0.1) is 50.2 Å². The average molecular weight is 425 g/mol. The van der Waals surface area contributed by atoms with Crippen LogP contribution in [0.1, 0.15) is 120 Å². The van der Waals surface area contributed by atoms with Crippen molar-refractivity contribution < 1.29 is 4.79 Å². The van der Waals surface area contributed by atoms with Crippen LogP contribution < -0.4 is 0 Å². The third-order valence-electron chi connectivity index (χ3n) is 12.7. The number of carbonyl (C=O) groups is 1. The Balaban J connectivity index is 1.57. The Labute approximate surface area is 192 Å². The predicted octanol–water partition coefficient (Wildman–Crippen LogP) is 8.38. The van der Waals surface area contributed by atoms with Crippen molar-refractivity contribution in [1.29, 1.82) is 0 Å². The topological polar surface area (TPSA) is 17.1 Å².